The van der Waals surface area contributed by atoms with Gasteiger partial charge in [-0.15, -0.1) is 10.1 Å². The lowest BCUT2D eigenvalue weighted by Crippen LogP contribution is -2.62. The number of guanidine groups is 1. The SMILES string of the molecule is Cc1ccccc1CN1N=C(c2ccc(Cl)cc2)C[N+]2=C1N=C1C2C(=O)N(C)C(=O)N1C. The molecule has 2 aromatic carbocycles. The molecular weight excluding hydrogens is 428 g/mol. The van der Waals surface area contributed by atoms with Crippen molar-refractivity contribution in [3.8, 4) is 0 Å². The third-order valence-corrected chi connectivity index (χ3v) is 6.31. The number of aryl methyl sites for hydroxylation is 1. The number of rotatable bonds is 3. The average molecular weight is 450 g/mol. The summed E-state index contributed by atoms with van der Waals surface area (Å²) in [4.78, 5) is 32.9. The number of nitrogens with zero attached hydrogens (tertiary/aromatic N) is 6. The number of amidine groups is 1. The highest BCUT2D eigenvalue weighted by molar-refractivity contribution is 6.30. The summed E-state index contributed by atoms with van der Waals surface area (Å²) in [7, 11) is 3.14. The number of hydrogen-bond donors (Lipinski definition) is 0. The molecule has 0 aromatic heterocycles. The second-order valence-electron chi connectivity index (χ2n) is 8.08. The van der Waals surface area contributed by atoms with E-state index in [1.165, 1.54) is 11.9 Å². The number of aliphatic imine (C=N–C) groups is 1. The maximum Gasteiger partial charge on any atom is 0.417 e. The van der Waals surface area contributed by atoms with Crippen LogP contribution in [-0.4, -0.2) is 75.5 Å². The van der Waals surface area contributed by atoms with E-state index in [0.29, 0.717) is 29.9 Å². The summed E-state index contributed by atoms with van der Waals surface area (Å²) in [6.07, 6.45) is 0. The summed E-state index contributed by atoms with van der Waals surface area (Å²) in [5.74, 6) is 0.694. The van der Waals surface area contributed by atoms with E-state index >= 15 is 0 Å². The summed E-state index contributed by atoms with van der Waals surface area (Å²) < 4.78 is 1.92. The number of carbonyl (C=O) groups is 2. The van der Waals surface area contributed by atoms with Crippen molar-refractivity contribution in [2.45, 2.75) is 19.5 Å². The third-order valence-electron chi connectivity index (χ3n) is 6.06. The standard InChI is InChI=1S/C23H22ClN6O2/c1-14-6-4-5-7-16(14)12-30-22-25-20-19(21(31)28(3)23(32)27(20)2)29(22)13-18(26-30)15-8-10-17(24)11-9-15/h4-11,19H,12-13H2,1-3H3/q+1. The van der Waals surface area contributed by atoms with Gasteiger partial charge in [0.15, 0.2) is 0 Å². The molecule has 1 unspecified atom stereocenters. The van der Waals surface area contributed by atoms with Crippen LogP contribution in [0.4, 0.5) is 4.79 Å². The van der Waals surface area contributed by atoms with Gasteiger partial charge in [0.25, 0.3) is 5.91 Å². The number of benzene rings is 2. The Kier molecular flexibility index (Phi) is 4.82. The Bertz CT molecular complexity index is 1230. The van der Waals surface area contributed by atoms with Crippen molar-refractivity contribution in [1.82, 2.24) is 14.8 Å². The zero-order valence-corrected chi connectivity index (χ0v) is 18.7. The highest BCUT2D eigenvalue weighted by Crippen LogP contribution is 2.25. The first-order valence-corrected chi connectivity index (χ1v) is 10.7. The molecular formula is C23H22ClN6O2+. The van der Waals surface area contributed by atoms with Crippen LogP contribution in [0.2, 0.25) is 5.02 Å². The second-order valence-corrected chi connectivity index (χ2v) is 8.51. The first kappa shape index (κ1) is 20.4. The smallest absolute Gasteiger partial charge is 0.270 e. The Morgan fingerprint density at radius 2 is 1.78 bits per heavy atom. The maximum absolute atomic E-state index is 13.1. The quantitative estimate of drug-likeness (QED) is 0.676. The van der Waals surface area contributed by atoms with E-state index in [1.54, 1.807) is 7.05 Å². The van der Waals surface area contributed by atoms with Crippen LogP contribution in [0.5, 0.6) is 0 Å². The first-order valence-electron chi connectivity index (χ1n) is 10.3. The average Bonchev–Trinajstić information content (AvgIpc) is 3.18. The van der Waals surface area contributed by atoms with Gasteiger partial charge in [0.2, 0.25) is 11.9 Å². The number of fused-ring (bicyclic) bond motifs is 2. The van der Waals surface area contributed by atoms with Gasteiger partial charge in [-0.25, -0.2) is 9.37 Å². The molecule has 162 valence electrons. The third kappa shape index (κ3) is 3.18. The van der Waals surface area contributed by atoms with Crippen LogP contribution >= 0.6 is 11.6 Å². The second kappa shape index (κ2) is 7.56. The predicted octanol–water partition coefficient (Wildman–Crippen LogP) is 2.54. The fraction of sp³-hybridized carbons (Fsp3) is 0.261. The zero-order chi connectivity index (χ0) is 22.6. The number of likely N-dealkylation sites (N-methyl/N-ethyl adjacent to an activating group) is 2. The highest BCUT2D eigenvalue weighted by Gasteiger charge is 2.54. The fourth-order valence-corrected chi connectivity index (χ4v) is 4.31. The minimum atomic E-state index is -0.671. The van der Waals surface area contributed by atoms with Crippen LogP contribution in [-0.2, 0) is 11.3 Å². The van der Waals surface area contributed by atoms with E-state index in [0.717, 1.165) is 27.3 Å². The minimum Gasteiger partial charge on any atom is -0.270 e. The Labute approximate surface area is 190 Å². The normalized spacial score (nSPS) is 20.4. The zero-order valence-electron chi connectivity index (χ0n) is 18.0. The molecule has 3 heterocycles. The molecule has 0 radical (unpaired) electrons. The monoisotopic (exact) mass is 449 g/mol. The fourth-order valence-electron chi connectivity index (χ4n) is 4.18. The van der Waals surface area contributed by atoms with Crippen molar-refractivity contribution >= 4 is 41.0 Å². The molecule has 9 heteroatoms. The first-order chi connectivity index (χ1) is 15.3. The number of hydrazone groups is 1. The molecule has 0 bridgehead atoms. The molecule has 1 saturated heterocycles. The molecule has 0 saturated carbocycles. The Morgan fingerprint density at radius 1 is 1.06 bits per heavy atom. The lowest BCUT2D eigenvalue weighted by molar-refractivity contribution is -0.527. The summed E-state index contributed by atoms with van der Waals surface area (Å²) in [6.45, 7) is 2.93. The van der Waals surface area contributed by atoms with Gasteiger partial charge in [0, 0.05) is 24.7 Å². The number of halogens is 1. The summed E-state index contributed by atoms with van der Waals surface area (Å²) >= 11 is 6.08. The summed E-state index contributed by atoms with van der Waals surface area (Å²) in [6, 6.07) is 14.5. The van der Waals surface area contributed by atoms with Crippen molar-refractivity contribution < 1.29 is 14.2 Å². The van der Waals surface area contributed by atoms with E-state index in [2.05, 4.69) is 19.1 Å². The summed E-state index contributed by atoms with van der Waals surface area (Å²) in [5.41, 5.74) is 3.95. The molecule has 0 spiro atoms. The maximum atomic E-state index is 13.1. The minimum absolute atomic E-state index is 0.296. The van der Waals surface area contributed by atoms with E-state index in [4.69, 9.17) is 21.7 Å². The number of hydrogen-bond acceptors (Lipinski definition) is 5. The Hall–Kier alpha value is -3.52. The van der Waals surface area contributed by atoms with Crippen LogP contribution in [0, 0.1) is 6.92 Å². The molecule has 3 amide bonds. The number of carbonyl (C=O) groups excluding carboxylic acids is 2. The van der Waals surface area contributed by atoms with Gasteiger partial charge in [-0.3, -0.25) is 14.6 Å². The van der Waals surface area contributed by atoms with Crippen LogP contribution in [0.3, 0.4) is 0 Å². The number of urea groups is 1. The molecule has 1 atom stereocenters. The molecule has 2 aromatic rings. The van der Waals surface area contributed by atoms with E-state index in [1.807, 2.05) is 46.0 Å². The molecule has 8 nitrogen and oxygen atoms in total. The number of amides is 3. The van der Waals surface area contributed by atoms with Crippen molar-refractivity contribution in [2.24, 2.45) is 10.1 Å². The van der Waals surface area contributed by atoms with E-state index in [9.17, 15) is 9.59 Å². The van der Waals surface area contributed by atoms with Gasteiger partial charge in [-0.05, 0) is 30.2 Å². The Morgan fingerprint density at radius 3 is 2.50 bits per heavy atom. The van der Waals surface area contributed by atoms with Gasteiger partial charge in [-0.2, -0.15) is 0 Å². The van der Waals surface area contributed by atoms with Gasteiger partial charge in [0.1, 0.15) is 18.8 Å². The molecule has 1 fully saturated rings. The van der Waals surface area contributed by atoms with Gasteiger partial charge < -0.3 is 0 Å². The molecule has 0 aliphatic carbocycles. The van der Waals surface area contributed by atoms with E-state index < -0.39 is 12.1 Å². The lowest BCUT2D eigenvalue weighted by Gasteiger charge is -2.32. The van der Waals surface area contributed by atoms with Gasteiger partial charge in [-0.1, -0.05) is 53.0 Å². The molecule has 0 N–H and O–H groups in total. The van der Waals surface area contributed by atoms with Crippen molar-refractivity contribution in [1.29, 1.82) is 0 Å². The highest BCUT2D eigenvalue weighted by atomic mass is 35.5. The largest absolute Gasteiger partial charge is 0.417 e. The van der Waals surface area contributed by atoms with Crippen molar-refractivity contribution in [3.05, 3.63) is 70.2 Å². The van der Waals surface area contributed by atoms with Crippen LogP contribution in [0.15, 0.2) is 58.6 Å². The lowest BCUT2D eigenvalue weighted by atomic mass is 10.1. The molecule has 3 aliphatic heterocycles. The van der Waals surface area contributed by atoms with Crippen LogP contribution in [0.1, 0.15) is 16.7 Å². The van der Waals surface area contributed by atoms with Crippen molar-refractivity contribution in [3.63, 3.8) is 0 Å². The summed E-state index contributed by atoms with van der Waals surface area (Å²) in [5, 5.41) is 7.36. The van der Waals surface area contributed by atoms with Gasteiger partial charge >= 0.3 is 12.0 Å². The van der Waals surface area contributed by atoms with Crippen molar-refractivity contribution in [2.75, 3.05) is 20.6 Å². The number of imide groups is 1. The molecule has 5 rings (SSSR count). The predicted molar refractivity (Wildman–Crippen MR) is 122 cm³/mol. The topological polar surface area (TPSA) is 71.6 Å². The van der Waals surface area contributed by atoms with Gasteiger partial charge in [0.05, 0.1) is 0 Å². The molecule has 32 heavy (non-hydrogen) atoms. The van der Waals surface area contributed by atoms with Crippen LogP contribution in [0.25, 0.3) is 0 Å². The molecule has 3 aliphatic rings. The van der Waals surface area contributed by atoms with Crippen LogP contribution < -0.4 is 0 Å². The Balaban J connectivity index is 1.60. The van der Waals surface area contributed by atoms with E-state index in [-0.39, 0.29) is 5.91 Å².